The van der Waals surface area contributed by atoms with Crippen LogP contribution in [-0.2, 0) is 9.59 Å². The second-order valence-electron chi connectivity index (χ2n) is 7.86. The van der Waals surface area contributed by atoms with Gasteiger partial charge in [0, 0.05) is 36.4 Å². The zero-order valence-electron chi connectivity index (χ0n) is 19.5. The van der Waals surface area contributed by atoms with Gasteiger partial charge in [0.25, 0.3) is 0 Å². The Balaban J connectivity index is 0.000000466. The SMILES string of the molecule is CC(=O)Oc1cccc2c1C(=O)c1c(OC(C)=O)cc(C(=O)O)cc1C2=O.CC(C)CCN=[N+]=[N-]. The average Bonchev–Trinajstić information content (AvgIpc) is 2.76. The van der Waals surface area contributed by atoms with Gasteiger partial charge in [0.15, 0.2) is 5.78 Å². The number of azide groups is 1. The number of ketones is 2. The Kier molecular flexibility index (Phi) is 8.85. The maximum atomic E-state index is 13.1. The third-order valence-electron chi connectivity index (χ3n) is 4.70. The van der Waals surface area contributed by atoms with Crippen LogP contribution < -0.4 is 9.47 Å². The van der Waals surface area contributed by atoms with Crippen LogP contribution in [0, 0.1) is 5.92 Å². The lowest BCUT2D eigenvalue weighted by atomic mass is 9.82. The fraction of sp³-hybridized carbons (Fsp3) is 0.292. The highest BCUT2D eigenvalue weighted by atomic mass is 16.5. The first kappa shape index (κ1) is 26.7. The minimum atomic E-state index is -1.36. The molecular formula is C24H23N3O8. The lowest BCUT2D eigenvalue weighted by molar-refractivity contribution is -0.132. The second kappa shape index (κ2) is 11.6. The van der Waals surface area contributed by atoms with E-state index in [0.717, 1.165) is 32.4 Å². The van der Waals surface area contributed by atoms with Crippen LogP contribution in [0.4, 0.5) is 0 Å². The van der Waals surface area contributed by atoms with Gasteiger partial charge in [-0.2, -0.15) is 0 Å². The minimum Gasteiger partial charge on any atom is -0.478 e. The van der Waals surface area contributed by atoms with Crippen LogP contribution in [0.15, 0.2) is 35.4 Å². The van der Waals surface area contributed by atoms with Crippen LogP contribution in [0.5, 0.6) is 11.5 Å². The lowest BCUT2D eigenvalue weighted by Gasteiger charge is -2.21. The van der Waals surface area contributed by atoms with Crippen molar-refractivity contribution < 1.29 is 38.6 Å². The number of rotatable bonds is 6. The van der Waals surface area contributed by atoms with Crippen molar-refractivity contribution in [2.75, 3.05) is 6.54 Å². The topological polar surface area (TPSA) is 173 Å². The third-order valence-corrected chi connectivity index (χ3v) is 4.70. The summed E-state index contributed by atoms with van der Waals surface area (Å²) in [6.07, 6.45) is 0.990. The van der Waals surface area contributed by atoms with Crippen LogP contribution in [0.3, 0.4) is 0 Å². The fourth-order valence-electron chi connectivity index (χ4n) is 3.21. The highest BCUT2D eigenvalue weighted by molar-refractivity contribution is 6.30. The molecule has 0 radical (unpaired) electrons. The molecule has 0 saturated heterocycles. The van der Waals surface area contributed by atoms with Gasteiger partial charge in [0.1, 0.15) is 11.5 Å². The largest absolute Gasteiger partial charge is 0.478 e. The molecule has 11 nitrogen and oxygen atoms in total. The first-order valence-corrected chi connectivity index (χ1v) is 10.5. The molecule has 35 heavy (non-hydrogen) atoms. The number of carbonyl (C=O) groups excluding carboxylic acids is 4. The van der Waals surface area contributed by atoms with Gasteiger partial charge in [-0.25, -0.2) is 4.79 Å². The normalized spacial score (nSPS) is 11.3. The smallest absolute Gasteiger partial charge is 0.335 e. The van der Waals surface area contributed by atoms with Gasteiger partial charge in [-0.3, -0.25) is 19.2 Å². The number of hydrogen-bond acceptors (Lipinski definition) is 8. The van der Waals surface area contributed by atoms with Crippen LogP contribution >= 0.6 is 0 Å². The first-order chi connectivity index (χ1) is 16.5. The van der Waals surface area contributed by atoms with Crippen LogP contribution in [0.1, 0.15) is 76.3 Å². The predicted octanol–water partition coefficient (Wildman–Crippen LogP) is 4.35. The van der Waals surface area contributed by atoms with E-state index in [4.69, 9.17) is 15.0 Å². The number of hydrogen-bond donors (Lipinski definition) is 1. The molecule has 0 aliphatic heterocycles. The third kappa shape index (κ3) is 6.52. The maximum Gasteiger partial charge on any atom is 0.335 e. The Labute approximate surface area is 200 Å². The van der Waals surface area contributed by atoms with Crippen molar-refractivity contribution >= 4 is 29.5 Å². The number of carboxylic acid groups (broad SMARTS) is 1. The van der Waals surface area contributed by atoms with E-state index in [1.54, 1.807) is 0 Å². The number of ether oxygens (including phenoxy) is 2. The molecule has 1 aliphatic rings. The van der Waals surface area contributed by atoms with Crippen LogP contribution in [-0.4, -0.2) is 41.1 Å². The summed E-state index contributed by atoms with van der Waals surface area (Å²) in [7, 11) is 0. The second-order valence-corrected chi connectivity index (χ2v) is 7.86. The molecule has 0 unspecified atom stereocenters. The number of carbonyl (C=O) groups is 5. The van der Waals surface area contributed by atoms with E-state index in [9.17, 15) is 29.1 Å². The molecule has 3 rings (SSSR count). The quantitative estimate of drug-likeness (QED) is 0.178. The monoisotopic (exact) mass is 481 g/mol. The average molecular weight is 481 g/mol. The summed E-state index contributed by atoms with van der Waals surface area (Å²) >= 11 is 0. The molecule has 0 fully saturated rings. The number of fused-ring (bicyclic) bond motifs is 2. The van der Waals surface area contributed by atoms with Gasteiger partial charge < -0.3 is 14.6 Å². The zero-order chi connectivity index (χ0) is 26.3. The molecule has 0 aromatic heterocycles. The molecule has 0 atom stereocenters. The standard InChI is InChI=1S/C19H12O8.C5H11N3/c1-8(20)26-13-5-3-4-11-15(13)18(23)16-12(17(11)22)6-10(19(24)25)7-14(16)27-9(2)21;1-5(2)3-4-7-8-6/h3-7H,1-2H3,(H,24,25);5H,3-4H2,1-2H3. The lowest BCUT2D eigenvalue weighted by Crippen LogP contribution is -2.24. The summed E-state index contributed by atoms with van der Waals surface area (Å²) in [6.45, 7) is 7.06. The van der Waals surface area contributed by atoms with Gasteiger partial charge in [-0.05, 0) is 36.1 Å². The molecule has 11 heteroatoms. The first-order valence-electron chi connectivity index (χ1n) is 10.5. The number of carboxylic acids is 1. The minimum absolute atomic E-state index is 0.0393. The summed E-state index contributed by atoms with van der Waals surface area (Å²) < 4.78 is 9.99. The van der Waals surface area contributed by atoms with Crippen molar-refractivity contribution in [2.24, 2.45) is 11.0 Å². The molecule has 0 heterocycles. The summed E-state index contributed by atoms with van der Waals surface area (Å²) in [4.78, 5) is 62.6. The summed E-state index contributed by atoms with van der Waals surface area (Å²) in [5.74, 6) is -4.02. The Hall–Kier alpha value is -4.50. The molecule has 0 amide bonds. The van der Waals surface area contributed by atoms with Crippen LogP contribution in [0.25, 0.3) is 10.4 Å². The summed E-state index contributed by atoms with van der Waals surface area (Å²) in [5.41, 5.74) is 6.87. The zero-order valence-corrected chi connectivity index (χ0v) is 19.5. The van der Waals surface area contributed by atoms with Crippen molar-refractivity contribution in [3.63, 3.8) is 0 Å². The highest BCUT2D eigenvalue weighted by Gasteiger charge is 2.36. The molecular weight excluding hydrogens is 458 g/mol. The van der Waals surface area contributed by atoms with E-state index in [1.165, 1.54) is 18.2 Å². The molecule has 1 aliphatic carbocycles. The van der Waals surface area contributed by atoms with Gasteiger partial charge in [-0.15, -0.1) is 0 Å². The van der Waals surface area contributed by atoms with Gasteiger partial charge in [0.2, 0.25) is 5.78 Å². The summed E-state index contributed by atoms with van der Waals surface area (Å²) in [6, 6.07) is 6.19. The van der Waals surface area contributed by atoms with E-state index >= 15 is 0 Å². The van der Waals surface area contributed by atoms with Crippen molar-refractivity contribution in [3.05, 3.63) is 68.6 Å². The molecule has 182 valence electrons. The Morgan fingerprint density at radius 3 is 2.11 bits per heavy atom. The Bertz CT molecular complexity index is 1260. The van der Waals surface area contributed by atoms with Crippen molar-refractivity contribution in [3.8, 4) is 11.5 Å². The van der Waals surface area contributed by atoms with Gasteiger partial charge in [-0.1, -0.05) is 31.1 Å². The summed E-state index contributed by atoms with van der Waals surface area (Å²) in [5, 5.41) is 12.6. The number of esters is 2. The van der Waals surface area contributed by atoms with Gasteiger partial charge >= 0.3 is 17.9 Å². The fourth-order valence-corrected chi connectivity index (χ4v) is 3.21. The van der Waals surface area contributed by atoms with E-state index in [0.29, 0.717) is 12.5 Å². The molecule has 1 N–H and O–H groups in total. The number of nitrogens with zero attached hydrogens (tertiary/aromatic N) is 3. The van der Waals surface area contributed by atoms with E-state index in [-0.39, 0.29) is 39.3 Å². The number of benzene rings is 2. The molecule has 2 aromatic carbocycles. The van der Waals surface area contributed by atoms with E-state index in [2.05, 4.69) is 23.9 Å². The van der Waals surface area contributed by atoms with Crippen molar-refractivity contribution in [1.29, 1.82) is 0 Å². The molecule has 0 bridgehead atoms. The number of aromatic carboxylic acids is 1. The molecule has 0 spiro atoms. The van der Waals surface area contributed by atoms with Crippen LogP contribution in [0.2, 0.25) is 0 Å². The van der Waals surface area contributed by atoms with Crippen molar-refractivity contribution in [2.45, 2.75) is 34.1 Å². The van der Waals surface area contributed by atoms with E-state index in [1.807, 2.05) is 0 Å². The van der Waals surface area contributed by atoms with Gasteiger partial charge in [0.05, 0.1) is 16.7 Å². The highest BCUT2D eigenvalue weighted by Crippen LogP contribution is 2.38. The van der Waals surface area contributed by atoms with Crippen molar-refractivity contribution in [1.82, 2.24) is 0 Å². The maximum absolute atomic E-state index is 13.1. The van der Waals surface area contributed by atoms with E-state index < -0.39 is 29.5 Å². The predicted molar refractivity (Wildman–Crippen MR) is 123 cm³/mol. The molecule has 2 aromatic rings. The Morgan fingerprint density at radius 1 is 0.971 bits per heavy atom. The Morgan fingerprint density at radius 2 is 1.57 bits per heavy atom. The molecule has 0 saturated carbocycles.